The number of aryl methyl sites for hydroxylation is 1. The monoisotopic (exact) mass is 306 g/mol. The molecule has 0 unspecified atom stereocenters. The van der Waals surface area contributed by atoms with Crippen molar-refractivity contribution in [3.63, 3.8) is 0 Å². The van der Waals surface area contributed by atoms with Crippen LogP contribution in [0.15, 0.2) is 28.9 Å². The first-order chi connectivity index (χ1) is 8.66. The Labute approximate surface area is 116 Å². The Bertz CT molecular complexity index is 579. The molecule has 0 aliphatic heterocycles. The first-order valence-corrected chi connectivity index (χ1v) is 7.41. The van der Waals surface area contributed by atoms with E-state index in [1.807, 2.05) is 0 Å². The average molecular weight is 307 g/mol. The van der Waals surface area contributed by atoms with E-state index < -0.39 is 0 Å². The molecule has 1 saturated carbocycles. The molecule has 1 aliphatic rings. The summed E-state index contributed by atoms with van der Waals surface area (Å²) in [5.41, 5.74) is 9.01. The van der Waals surface area contributed by atoms with Gasteiger partial charge in [0.25, 0.3) is 0 Å². The van der Waals surface area contributed by atoms with Crippen molar-refractivity contribution >= 4 is 26.8 Å². The van der Waals surface area contributed by atoms with Crippen LogP contribution in [0.5, 0.6) is 0 Å². The Balaban J connectivity index is 2.15. The van der Waals surface area contributed by atoms with Crippen LogP contribution in [-0.4, -0.2) is 11.1 Å². The van der Waals surface area contributed by atoms with Crippen LogP contribution in [0.3, 0.4) is 0 Å². The van der Waals surface area contributed by atoms with E-state index in [-0.39, 0.29) is 5.41 Å². The van der Waals surface area contributed by atoms with Crippen molar-refractivity contribution in [3.05, 3.63) is 34.4 Å². The average Bonchev–Trinajstić information content (AvgIpc) is 2.96. The van der Waals surface area contributed by atoms with Gasteiger partial charge in [0, 0.05) is 40.6 Å². The van der Waals surface area contributed by atoms with Crippen LogP contribution >= 0.6 is 15.9 Å². The topological polar surface area (TPSA) is 30.9 Å². The molecule has 2 aromatic rings. The fraction of sp³-hybridized carbons (Fsp3) is 0.467. The lowest BCUT2D eigenvalue weighted by Gasteiger charge is -2.28. The van der Waals surface area contributed by atoms with Gasteiger partial charge < -0.3 is 10.3 Å². The Morgan fingerprint density at radius 3 is 2.72 bits per heavy atom. The van der Waals surface area contributed by atoms with Crippen molar-refractivity contribution in [2.45, 2.75) is 31.1 Å². The summed E-state index contributed by atoms with van der Waals surface area (Å²) in [5, 5.41) is 1.28. The summed E-state index contributed by atoms with van der Waals surface area (Å²) in [4.78, 5) is 0. The largest absolute Gasteiger partial charge is 0.349 e. The molecule has 2 nitrogen and oxygen atoms in total. The lowest BCUT2D eigenvalue weighted by molar-refractivity contribution is 0.453. The third-order valence-electron chi connectivity index (χ3n) is 4.51. The number of hydrogen-bond acceptors (Lipinski definition) is 1. The molecule has 3 heteroatoms. The number of fused-ring (bicyclic) bond motifs is 1. The summed E-state index contributed by atoms with van der Waals surface area (Å²) in [6.45, 7) is 0.768. The van der Waals surface area contributed by atoms with E-state index in [1.54, 1.807) is 0 Å². The molecule has 0 radical (unpaired) electrons. The van der Waals surface area contributed by atoms with Gasteiger partial charge in [0.1, 0.15) is 0 Å². The van der Waals surface area contributed by atoms with Gasteiger partial charge in [0.15, 0.2) is 0 Å². The van der Waals surface area contributed by atoms with Gasteiger partial charge in [0.2, 0.25) is 0 Å². The minimum atomic E-state index is 0.227. The number of rotatable bonds is 2. The zero-order chi connectivity index (χ0) is 12.8. The predicted octanol–water partition coefficient (Wildman–Crippen LogP) is 3.71. The van der Waals surface area contributed by atoms with E-state index in [0.717, 1.165) is 6.54 Å². The first kappa shape index (κ1) is 12.2. The van der Waals surface area contributed by atoms with Gasteiger partial charge in [-0.25, -0.2) is 0 Å². The lowest BCUT2D eigenvalue weighted by atomic mass is 9.79. The van der Waals surface area contributed by atoms with Crippen LogP contribution in [0.25, 0.3) is 10.9 Å². The number of nitrogens with two attached hydrogens (primary N) is 1. The fourth-order valence-corrected chi connectivity index (χ4v) is 3.97. The van der Waals surface area contributed by atoms with Crippen LogP contribution in [0.1, 0.15) is 31.2 Å². The summed E-state index contributed by atoms with van der Waals surface area (Å²) in [6.07, 6.45) is 7.22. The van der Waals surface area contributed by atoms with Gasteiger partial charge in [-0.05, 0) is 40.4 Å². The summed E-state index contributed by atoms with van der Waals surface area (Å²) < 4.78 is 3.35. The van der Waals surface area contributed by atoms with Crippen molar-refractivity contribution in [1.29, 1.82) is 0 Å². The van der Waals surface area contributed by atoms with Crippen LogP contribution in [-0.2, 0) is 12.5 Å². The molecule has 0 saturated heterocycles. The molecule has 0 bridgehead atoms. The highest BCUT2D eigenvalue weighted by molar-refractivity contribution is 9.10. The maximum Gasteiger partial charge on any atom is 0.0492 e. The number of hydrogen-bond donors (Lipinski definition) is 1. The van der Waals surface area contributed by atoms with Crippen molar-refractivity contribution in [1.82, 2.24) is 4.57 Å². The highest BCUT2D eigenvalue weighted by atomic mass is 79.9. The van der Waals surface area contributed by atoms with Gasteiger partial charge in [0.05, 0.1) is 0 Å². The SMILES string of the molecule is Cn1cc(Br)c2ccc(C3(CN)CCCC3)cc21. The molecule has 0 spiro atoms. The Morgan fingerprint density at radius 1 is 1.33 bits per heavy atom. The summed E-state index contributed by atoms with van der Waals surface area (Å²) in [5.74, 6) is 0. The van der Waals surface area contributed by atoms with Crippen molar-refractivity contribution in [2.75, 3.05) is 6.54 Å². The summed E-state index contributed by atoms with van der Waals surface area (Å²) in [7, 11) is 2.10. The molecule has 1 aromatic carbocycles. The molecule has 96 valence electrons. The smallest absolute Gasteiger partial charge is 0.0492 e. The highest BCUT2D eigenvalue weighted by Gasteiger charge is 2.34. The molecule has 2 N–H and O–H groups in total. The van der Waals surface area contributed by atoms with E-state index in [9.17, 15) is 0 Å². The second-order valence-electron chi connectivity index (χ2n) is 5.51. The van der Waals surface area contributed by atoms with Crippen molar-refractivity contribution in [3.8, 4) is 0 Å². The van der Waals surface area contributed by atoms with E-state index in [0.29, 0.717) is 0 Å². The number of nitrogens with zero attached hydrogens (tertiary/aromatic N) is 1. The minimum Gasteiger partial charge on any atom is -0.349 e. The quantitative estimate of drug-likeness (QED) is 0.901. The molecule has 0 amide bonds. The molecular formula is C15H19BrN2. The molecule has 1 aromatic heterocycles. The second-order valence-corrected chi connectivity index (χ2v) is 6.37. The zero-order valence-electron chi connectivity index (χ0n) is 10.7. The lowest BCUT2D eigenvalue weighted by Crippen LogP contribution is -2.31. The molecular weight excluding hydrogens is 288 g/mol. The van der Waals surface area contributed by atoms with E-state index in [1.165, 1.54) is 46.6 Å². The maximum atomic E-state index is 6.07. The molecule has 0 atom stereocenters. The molecule has 18 heavy (non-hydrogen) atoms. The summed E-state index contributed by atoms with van der Waals surface area (Å²) >= 11 is 3.61. The molecule has 3 rings (SSSR count). The molecule has 1 fully saturated rings. The normalized spacial score (nSPS) is 18.6. The van der Waals surface area contributed by atoms with Gasteiger partial charge in [-0.3, -0.25) is 0 Å². The maximum absolute atomic E-state index is 6.07. The van der Waals surface area contributed by atoms with Crippen LogP contribution in [0.4, 0.5) is 0 Å². The zero-order valence-corrected chi connectivity index (χ0v) is 12.3. The second kappa shape index (κ2) is 4.39. The van der Waals surface area contributed by atoms with Crippen molar-refractivity contribution in [2.24, 2.45) is 12.8 Å². The van der Waals surface area contributed by atoms with E-state index >= 15 is 0 Å². The Morgan fingerprint density at radius 2 is 2.06 bits per heavy atom. The van der Waals surface area contributed by atoms with E-state index in [2.05, 4.69) is 51.9 Å². The number of benzene rings is 1. The van der Waals surface area contributed by atoms with Gasteiger partial charge in [-0.15, -0.1) is 0 Å². The molecule has 1 heterocycles. The number of halogens is 1. The van der Waals surface area contributed by atoms with Gasteiger partial charge >= 0.3 is 0 Å². The highest BCUT2D eigenvalue weighted by Crippen LogP contribution is 2.41. The van der Waals surface area contributed by atoms with E-state index in [4.69, 9.17) is 5.73 Å². The number of aromatic nitrogens is 1. The standard InChI is InChI=1S/C15H19BrN2/c1-18-9-13(16)12-5-4-11(8-14(12)18)15(10-17)6-2-3-7-15/h4-5,8-9H,2-3,6-7,10,17H2,1H3. The van der Waals surface area contributed by atoms with Crippen molar-refractivity contribution < 1.29 is 0 Å². The van der Waals surface area contributed by atoms with Crippen LogP contribution < -0.4 is 5.73 Å². The third-order valence-corrected chi connectivity index (χ3v) is 5.14. The third kappa shape index (κ3) is 1.72. The summed E-state index contributed by atoms with van der Waals surface area (Å²) in [6, 6.07) is 6.83. The molecule has 1 aliphatic carbocycles. The Hall–Kier alpha value is -0.800. The Kier molecular flexibility index (Phi) is 2.99. The van der Waals surface area contributed by atoms with Crippen LogP contribution in [0.2, 0.25) is 0 Å². The van der Waals surface area contributed by atoms with Gasteiger partial charge in [-0.2, -0.15) is 0 Å². The minimum absolute atomic E-state index is 0.227. The van der Waals surface area contributed by atoms with Crippen LogP contribution in [0, 0.1) is 0 Å². The first-order valence-electron chi connectivity index (χ1n) is 6.61. The fourth-order valence-electron chi connectivity index (χ4n) is 3.33. The predicted molar refractivity (Wildman–Crippen MR) is 79.8 cm³/mol. The van der Waals surface area contributed by atoms with Gasteiger partial charge in [-0.1, -0.05) is 25.0 Å².